The van der Waals surface area contributed by atoms with Gasteiger partial charge in [0.05, 0.1) is 6.42 Å². The van der Waals surface area contributed by atoms with Crippen molar-refractivity contribution in [1.82, 2.24) is 10.6 Å². The Morgan fingerprint density at radius 3 is 2.16 bits per heavy atom. The first-order valence-electron chi connectivity index (χ1n) is 10.9. The standard InChI is InChI=1S/C25H30N2O5/c1-4-13-25(3,23(30)26-16(2)14-22(28)29)27-24(31)32-15-21-19-11-7-5-9-17(19)18-10-6-8-12-20(18)21/h5-12,16,21H,4,13-15H2,1-3H3,(H,26,30)(H,27,31)(H,28,29). The number of hydrogen-bond acceptors (Lipinski definition) is 4. The molecule has 2 aromatic carbocycles. The van der Waals surface area contributed by atoms with Gasteiger partial charge in [-0.3, -0.25) is 9.59 Å². The molecule has 170 valence electrons. The first kappa shape index (κ1) is 23.3. The molecule has 2 unspecified atom stereocenters. The highest BCUT2D eigenvalue weighted by Crippen LogP contribution is 2.44. The normalized spacial score (nSPS) is 15.1. The fraction of sp³-hybridized carbons (Fsp3) is 0.400. The monoisotopic (exact) mass is 438 g/mol. The fourth-order valence-corrected chi connectivity index (χ4v) is 4.29. The van der Waals surface area contributed by atoms with Crippen LogP contribution in [0.15, 0.2) is 48.5 Å². The molecule has 2 atom stereocenters. The number of nitrogens with one attached hydrogen (secondary N) is 2. The Balaban J connectivity index is 1.67. The van der Waals surface area contributed by atoms with Crippen molar-refractivity contribution in [3.8, 4) is 11.1 Å². The van der Waals surface area contributed by atoms with Crippen LogP contribution >= 0.6 is 0 Å². The molecule has 32 heavy (non-hydrogen) atoms. The summed E-state index contributed by atoms with van der Waals surface area (Å²) >= 11 is 0. The number of carbonyl (C=O) groups is 3. The summed E-state index contributed by atoms with van der Waals surface area (Å²) in [6.07, 6.45) is 0.173. The minimum Gasteiger partial charge on any atom is -0.481 e. The Bertz CT molecular complexity index is 960. The predicted octanol–water partition coefficient (Wildman–Crippen LogP) is 4.06. The minimum absolute atomic E-state index is 0.0741. The van der Waals surface area contributed by atoms with Crippen molar-refractivity contribution in [1.29, 1.82) is 0 Å². The number of rotatable bonds is 9. The summed E-state index contributed by atoms with van der Waals surface area (Å²) in [5.41, 5.74) is 3.29. The first-order chi connectivity index (χ1) is 15.2. The number of amides is 2. The SMILES string of the molecule is CCCC(C)(NC(=O)OCC1c2ccccc2-c2ccccc21)C(=O)NC(C)CC(=O)O. The van der Waals surface area contributed by atoms with E-state index < -0.39 is 29.6 Å². The van der Waals surface area contributed by atoms with Gasteiger partial charge in [0.25, 0.3) is 0 Å². The highest BCUT2D eigenvalue weighted by atomic mass is 16.5. The average Bonchev–Trinajstić information content (AvgIpc) is 3.05. The number of hydrogen-bond donors (Lipinski definition) is 3. The summed E-state index contributed by atoms with van der Waals surface area (Å²) < 4.78 is 5.58. The second-order valence-corrected chi connectivity index (χ2v) is 8.51. The molecule has 7 heteroatoms. The Kier molecular flexibility index (Phi) is 7.18. The molecule has 7 nitrogen and oxygen atoms in total. The van der Waals surface area contributed by atoms with Crippen LogP contribution in [0.2, 0.25) is 0 Å². The van der Waals surface area contributed by atoms with E-state index in [1.807, 2.05) is 43.3 Å². The van der Waals surface area contributed by atoms with Crippen LogP contribution in [0.1, 0.15) is 57.1 Å². The van der Waals surface area contributed by atoms with E-state index in [4.69, 9.17) is 9.84 Å². The third-order valence-electron chi connectivity index (χ3n) is 5.83. The molecule has 0 saturated heterocycles. The van der Waals surface area contributed by atoms with Crippen molar-refractivity contribution in [2.45, 2.75) is 57.5 Å². The van der Waals surface area contributed by atoms with Gasteiger partial charge < -0.3 is 20.5 Å². The molecule has 2 aromatic rings. The average molecular weight is 439 g/mol. The first-order valence-corrected chi connectivity index (χ1v) is 10.9. The van der Waals surface area contributed by atoms with Crippen molar-refractivity contribution in [3.63, 3.8) is 0 Å². The van der Waals surface area contributed by atoms with E-state index in [0.29, 0.717) is 12.8 Å². The molecule has 3 rings (SSSR count). The maximum Gasteiger partial charge on any atom is 0.408 e. The van der Waals surface area contributed by atoms with E-state index in [-0.39, 0.29) is 18.9 Å². The zero-order chi connectivity index (χ0) is 23.3. The number of benzene rings is 2. The van der Waals surface area contributed by atoms with Gasteiger partial charge in [-0.2, -0.15) is 0 Å². The van der Waals surface area contributed by atoms with Gasteiger partial charge in [0, 0.05) is 12.0 Å². The maximum absolute atomic E-state index is 12.8. The molecule has 0 fully saturated rings. The lowest BCUT2D eigenvalue weighted by Crippen LogP contribution is -2.58. The zero-order valence-corrected chi connectivity index (χ0v) is 18.7. The van der Waals surface area contributed by atoms with Gasteiger partial charge in [0.1, 0.15) is 12.1 Å². The van der Waals surface area contributed by atoms with Gasteiger partial charge in [-0.1, -0.05) is 61.9 Å². The molecular weight excluding hydrogens is 408 g/mol. The topological polar surface area (TPSA) is 105 Å². The third-order valence-corrected chi connectivity index (χ3v) is 5.83. The smallest absolute Gasteiger partial charge is 0.408 e. The Hall–Kier alpha value is -3.35. The van der Waals surface area contributed by atoms with Crippen LogP contribution in [0.5, 0.6) is 0 Å². The summed E-state index contributed by atoms with van der Waals surface area (Å²) in [6, 6.07) is 15.6. The molecule has 0 aromatic heterocycles. The summed E-state index contributed by atoms with van der Waals surface area (Å²) in [6.45, 7) is 5.30. The Labute approximate surface area is 188 Å². The molecule has 2 amide bonds. The number of ether oxygens (including phenoxy) is 1. The number of fused-ring (bicyclic) bond motifs is 3. The summed E-state index contributed by atoms with van der Waals surface area (Å²) in [5, 5.41) is 14.3. The van der Waals surface area contributed by atoms with Crippen LogP contribution < -0.4 is 10.6 Å². The van der Waals surface area contributed by atoms with Gasteiger partial charge in [-0.15, -0.1) is 0 Å². The lowest BCUT2D eigenvalue weighted by atomic mass is 9.94. The van der Waals surface area contributed by atoms with Crippen molar-refractivity contribution in [2.75, 3.05) is 6.61 Å². The maximum atomic E-state index is 12.8. The van der Waals surface area contributed by atoms with E-state index in [9.17, 15) is 14.4 Å². The molecule has 3 N–H and O–H groups in total. The van der Waals surface area contributed by atoms with E-state index in [1.54, 1.807) is 13.8 Å². The lowest BCUT2D eigenvalue weighted by Gasteiger charge is -2.30. The van der Waals surface area contributed by atoms with Crippen LogP contribution in [0.25, 0.3) is 11.1 Å². The molecule has 0 heterocycles. The second-order valence-electron chi connectivity index (χ2n) is 8.51. The van der Waals surface area contributed by atoms with E-state index >= 15 is 0 Å². The Morgan fingerprint density at radius 2 is 1.62 bits per heavy atom. The third kappa shape index (κ3) is 5.10. The van der Waals surface area contributed by atoms with Crippen LogP contribution in [0.4, 0.5) is 4.79 Å². The fourth-order valence-electron chi connectivity index (χ4n) is 4.29. The molecule has 1 aliphatic carbocycles. The van der Waals surface area contributed by atoms with Gasteiger partial charge in [0.2, 0.25) is 5.91 Å². The molecule has 0 bridgehead atoms. The van der Waals surface area contributed by atoms with E-state index in [1.165, 1.54) is 0 Å². The molecule has 0 saturated carbocycles. The molecule has 0 radical (unpaired) electrons. The van der Waals surface area contributed by atoms with Gasteiger partial charge in [0.15, 0.2) is 0 Å². The summed E-state index contributed by atoms with van der Waals surface area (Å²) in [5.74, 6) is -1.50. The zero-order valence-electron chi connectivity index (χ0n) is 18.7. The number of carboxylic acids is 1. The molecule has 0 aliphatic heterocycles. The van der Waals surface area contributed by atoms with E-state index in [0.717, 1.165) is 22.3 Å². The molecule has 0 spiro atoms. The van der Waals surface area contributed by atoms with E-state index in [2.05, 4.69) is 22.8 Å². The lowest BCUT2D eigenvalue weighted by molar-refractivity contribution is -0.137. The van der Waals surface area contributed by atoms with Crippen LogP contribution in [0.3, 0.4) is 0 Å². The summed E-state index contributed by atoms with van der Waals surface area (Å²) in [4.78, 5) is 36.4. The van der Waals surface area contributed by atoms with Crippen LogP contribution in [0, 0.1) is 0 Å². The quantitative estimate of drug-likeness (QED) is 0.548. The number of carbonyl (C=O) groups excluding carboxylic acids is 2. The van der Waals surface area contributed by atoms with Gasteiger partial charge >= 0.3 is 12.1 Å². The minimum atomic E-state index is -1.20. The van der Waals surface area contributed by atoms with Gasteiger partial charge in [-0.05, 0) is 42.5 Å². The van der Waals surface area contributed by atoms with Gasteiger partial charge in [-0.25, -0.2) is 4.79 Å². The molecular formula is C25H30N2O5. The van der Waals surface area contributed by atoms with Crippen molar-refractivity contribution in [2.24, 2.45) is 0 Å². The number of alkyl carbamates (subject to hydrolysis) is 1. The van der Waals surface area contributed by atoms with Crippen molar-refractivity contribution < 1.29 is 24.2 Å². The largest absolute Gasteiger partial charge is 0.481 e. The van der Waals surface area contributed by atoms with Crippen molar-refractivity contribution >= 4 is 18.0 Å². The number of aliphatic carboxylic acids is 1. The highest BCUT2D eigenvalue weighted by molar-refractivity contribution is 5.90. The predicted molar refractivity (Wildman–Crippen MR) is 121 cm³/mol. The molecule has 1 aliphatic rings. The van der Waals surface area contributed by atoms with Crippen LogP contribution in [-0.4, -0.2) is 41.3 Å². The second kappa shape index (κ2) is 9.85. The summed E-state index contributed by atoms with van der Waals surface area (Å²) in [7, 11) is 0. The van der Waals surface area contributed by atoms with Crippen molar-refractivity contribution in [3.05, 3.63) is 59.7 Å². The number of carboxylic acid groups (broad SMARTS) is 1. The van der Waals surface area contributed by atoms with Crippen LogP contribution in [-0.2, 0) is 14.3 Å². The highest BCUT2D eigenvalue weighted by Gasteiger charge is 2.36. The Morgan fingerprint density at radius 1 is 1.06 bits per heavy atom.